The van der Waals surface area contributed by atoms with Crippen molar-refractivity contribution in [1.82, 2.24) is 10.3 Å². The number of hydrogen-bond acceptors (Lipinski definition) is 3. The van der Waals surface area contributed by atoms with Gasteiger partial charge in [-0.2, -0.15) is 0 Å². The predicted molar refractivity (Wildman–Crippen MR) is 57.7 cm³/mol. The molecular weight excluding hydrogens is 246 g/mol. The fourth-order valence-electron chi connectivity index (χ4n) is 0.950. The highest BCUT2D eigenvalue weighted by molar-refractivity contribution is 9.10. The quantitative estimate of drug-likeness (QED) is 0.824. The summed E-state index contributed by atoms with van der Waals surface area (Å²) in [6.07, 6.45) is 1.97. The van der Waals surface area contributed by atoms with E-state index in [4.69, 9.17) is 5.73 Å². The number of carbonyl (C=O) groups excluding carboxylic acids is 1. The number of hydrogen-bond donors (Lipinski definition) is 2. The zero-order valence-corrected chi connectivity index (χ0v) is 9.25. The van der Waals surface area contributed by atoms with Gasteiger partial charge in [-0.15, -0.1) is 0 Å². The van der Waals surface area contributed by atoms with Crippen molar-refractivity contribution in [2.75, 3.05) is 13.1 Å². The average Bonchev–Trinajstić information content (AvgIpc) is 2.18. The van der Waals surface area contributed by atoms with Gasteiger partial charge in [0, 0.05) is 29.5 Å². The number of aromatic nitrogens is 1. The minimum atomic E-state index is -0.0507. The summed E-state index contributed by atoms with van der Waals surface area (Å²) < 4.78 is 0.906. The number of rotatable bonds is 4. The lowest BCUT2D eigenvalue weighted by atomic mass is 10.2. The van der Waals surface area contributed by atoms with Gasteiger partial charge in [0.15, 0.2) is 0 Å². The molecule has 0 bridgehead atoms. The van der Waals surface area contributed by atoms with Gasteiger partial charge in [-0.05, 0) is 28.1 Å². The first-order valence-electron chi connectivity index (χ1n) is 4.29. The van der Waals surface area contributed by atoms with E-state index in [1.165, 1.54) is 0 Å². The first-order valence-corrected chi connectivity index (χ1v) is 5.09. The smallest absolute Gasteiger partial charge is 0.226 e. The summed E-state index contributed by atoms with van der Waals surface area (Å²) in [4.78, 5) is 15.3. The molecule has 0 aromatic carbocycles. The molecule has 14 heavy (non-hydrogen) atoms. The standard InChI is InChI=1S/C9H12BrN3O/c10-7-1-2-8(13-6-7)5-9(14)12-4-3-11/h1-2,6H,3-5,11H2,(H,12,14). The van der Waals surface area contributed by atoms with E-state index >= 15 is 0 Å². The van der Waals surface area contributed by atoms with E-state index in [-0.39, 0.29) is 5.91 Å². The van der Waals surface area contributed by atoms with Crippen LogP contribution < -0.4 is 11.1 Å². The number of nitrogens with two attached hydrogens (primary N) is 1. The second-order valence-corrected chi connectivity index (χ2v) is 3.70. The fraction of sp³-hybridized carbons (Fsp3) is 0.333. The normalized spacial score (nSPS) is 9.86. The second-order valence-electron chi connectivity index (χ2n) is 2.78. The summed E-state index contributed by atoms with van der Waals surface area (Å²) in [6, 6.07) is 3.67. The fourth-order valence-corrected chi connectivity index (χ4v) is 1.18. The highest BCUT2D eigenvalue weighted by Gasteiger charge is 2.02. The molecule has 1 rings (SSSR count). The average molecular weight is 258 g/mol. The molecule has 1 aromatic rings. The topological polar surface area (TPSA) is 68.0 Å². The van der Waals surface area contributed by atoms with Gasteiger partial charge in [0.1, 0.15) is 0 Å². The molecule has 0 fully saturated rings. The van der Waals surface area contributed by atoms with Gasteiger partial charge in [-0.25, -0.2) is 0 Å². The molecule has 1 aromatic heterocycles. The van der Waals surface area contributed by atoms with E-state index in [1.54, 1.807) is 6.20 Å². The van der Waals surface area contributed by atoms with Gasteiger partial charge in [0.2, 0.25) is 5.91 Å². The van der Waals surface area contributed by atoms with Gasteiger partial charge in [0.25, 0.3) is 0 Å². The molecule has 0 unspecified atom stereocenters. The van der Waals surface area contributed by atoms with Crippen LogP contribution in [0.4, 0.5) is 0 Å². The van der Waals surface area contributed by atoms with Crippen LogP contribution in [0.25, 0.3) is 0 Å². The third-order valence-corrected chi connectivity index (χ3v) is 2.07. The molecule has 0 saturated carbocycles. The van der Waals surface area contributed by atoms with Crippen LogP contribution in [0.1, 0.15) is 5.69 Å². The Bertz CT molecular complexity index is 299. The summed E-state index contributed by atoms with van der Waals surface area (Å²) in [5.74, 6) is -0.0507. The predicted octanol–water partition coefficient (Wildman–Crippen LogP) is 0.462. The third kappa shape index (κ3) is 3.85. The molecule has 0 aliphatic rings. The van der Waals surface area contributed by atoms with Crippen LogP contribution in [0, 0.1) is 0 Å². The van der Waals surface area contributed by atoms with Gasteiger partial charge in [0.05, 0.1) is 6.42 Å². The lowest BCUT2D eigenvalue weighted by Crippen LogP contribution is -2.30. The van der Waals surface area contributed by atoms with Crippen LogP contribution in [0.15, 0.2) is 22.8 Å². The van der Waals surface area contributed by atoms with E-state index in [1.807, 2.05) is 12.1 Å². The highest BCUT2D eigenvalue weighted by Crippen LogP contribution is 2.07. The number of nitrogens with one attached hydrogen (secondary N) is 1. The number of nitrogens with zero attached hydrogens (tertiary/aromatic N) is 1. The van der Waals surface area contributed by atoms with Crippen LogP contribution in [0.5, 0.6) is 0 Å². The van der Waals surface area contributed by atoms with E-state index in [0.29, 0.717) is 19.5 Å². The molecule has 1 heterocycles. The molecule has 0 spiro atoms. The lowest BCUT2D eigenvalue weighted by Gasteiger charge is -2.02. The van der Waals surface area contributed by atoms with E-state index in [0.717, 1.165) is 10.2 Å². The summed E-state index contributed by atoms with van der Waals surface area (Å²) in [5.41, 5.74) is 6.01. The Kier molecular flexibility index (Phi) is 4.55. The van der Waals surface area contributed by atoms with Crippen LogP contribution >= 0.6 is 15.9 Å². The zero-order chi connectivity index (χ0) is 10.4. The van der Waals surface area contributed by atoms with Gasteiger partial charge < -0.3 is 11.1 Å². The van der Waals surface area contributed by atoms with Crippen LogP contribution in [-0.2, 0) is 11.2 Å². The molecule has 76 valence electrons. The van der Waals surface area contributed by atoms with Crippen molar-refractivity contribution in [3.8, 4) is 0 Å². The molecule has 3 N–H and O–H groups in total. The van der Waals surface area contributed by atoms with Crippen molar-refractivity contribution in [1.29, 1.82) is 0 Å². The van der Waals surface area contributed by atoms with Crippen molar-refractivity contribution in [3.05, 3.63) is 28.5 Å². The van der Waals surface area contributed by atoms with E-state index < -0.39 is 0 Å². The molecule has 0 aliphatic carbocycles. The maximum absolute atomic E-state index is 11.2. The minimum absolute atomic E-state index is 0.0507. The van der Waals surface area contributed by atoms with Crippen LogP contribution in [0.3, 0.4) is 0 Å². The summed E-state index contributed by atoms with van der Waals surface area (Å²) in [6.45, 7) is 0.967. The Labute approximate surface area is 91.0 Å². The maximum atomic E-state index is 11.2. The molecule has 1 amide bonds. The SMILES string of the molecule is NCCNC(=O)Cc1ccc(Br)cn1. The highest BCUT2D eigenvalue weighted by atomic mass is 79.9. The third-order valence-electron chi connectivity index (χ3n) is 1.60. The van der Waals surface area contributed by atoms with Crippen molar-refractivity contribution in [3.63, 3.8) is 0 Å². The molecular formula is C9H12BrN3O. The minimum Gasteiger partial charge on any atom is -0.354 e. The summed E-state index contributed by atoms with van der Waals surface area (Å²) in [7, 11) is 0. The van der Waals surface area contributed by atoms with Crippen molar-refractivity contribution in [2.45, 2.75) is 6.42 Å². The maximum Gasteiger partial charge on any atom is 0.226 e. The van der Waals surface area contributed by atoms with Crippen LogP contribution in [0.2, 0.25) is 0 Å². The van der Waals surface area contributed by atoms with E-state index in [9.17, 15) is 4.79 Å². The second kappa shape index (κ2) is 5.72. The number of halogens is 1. The summed E-state index contributed by atoms with van der Waals surface area (Å²) >= 11 is 3.27. The Morgan fingerprint density at radius 1 is 1.57 bits per heavy atom. The zero-order valence-electron chi connectivity index (χ0n) is 7.66. The first-order chi connectivity index (χ1) is 6.72. The van der Waals surface area contributed by atoms with Crippen molar-refractivity contribution >= 4 is 21.8 Å². The molecule has 0 atom stereocenters. The molecule has 0 aliphatic heterocycles. The molecule has 4 nitrogen and oxygen atoms in total. The van der Waals surface area contributed by atoms with Crippen LogP contribution in [-0.4, -0.2) is 24.0 Å². The number of pyridine rings is 1. The Morgan fingerprint density at radius 2 is 2.36 bits per heavy atom. The number of amides is 1. The van der Waals surface area contributed by atoms with Gasteiger partial charge >= 0.3 is 0 Å². The first kappa shape index (κ1) is 11.1. The Balaban J connectivity index is 2.44. The molecule has 0 saturated heterocycles. The monoisotopic (exact) mass is 257 g/mol. The van der Waals surface area contributed by atoms with Crippen molar-refractivity contribution < 1.29 is 4.79 Å². The molecule has 0 radical (unpaired) electrons. The number of carbonyl (C=O) groups is 1. The largest absolute Gasteiger partial charge is 0.354 e. The van der Waals surface area contributed by atoms with Gasteiger partial charge in [-0.1, -0.05) is 0 Å². The molecule has 5 heteroatoms. The van der Waals surface area contributed by atoms with Crippen molar-refractivity contribution in [2.24, 2.45) is 5.73 Å². The Morgan fingerprint density at radius 3 is 2.93 bits per heavy atom. The lowest BCUT2D eigenvalue weighted by molar-refractivity contribution is -0.120. The van der Waals surface area contributed by atoms with E-state index in [2.05, 4.69) is 26.2 Å². The summed E-state index contributed by atoms with van der Waals surface area (Å²) in [5, 5.41) is 2.68. The Hall–Kier alpha value is -0.940. The van der Waals surface area contributed by atoms with Gasteiger partial charge in [-0.3, -0.25) is 9.78 Å².